The zero-order valence-corrected chi connectivity index (χ0v) is 16.7. The molecule has 1 aromatic rings. The van der Waals surface area contributed by atoms with Crippen LogP contribution in [-0.4, -0.2) is 65.4 Å². The molecule has 4 aliphatic rings. The van der Waals surface area contributed by atoms with Crippen LogP contribution in [0.5, 0.6) is 0 Å². The van der Waals surface area contributed by atoms with Gasteiger partial charge in [0.05, 0.1) is 5.92 Å². The van der Waals surface area contributed by atoms with E-state index in [0.717, 1.165) is 83.2 Å². The lowest BCUT2D eigenvalue weighted by Gasteiger charge is -2.50. The first-order valence-electron chi connectivity index (χ1n) is 11.0. The number of likely N-dealkylation sites (tertiary alicyclic amines) is 3. The van der Waals surface area contributed by atoms with Crippen LogP contribution >= 0.6 is 0 Å². The van der Waals surface area contributed by atoms with Gasteiger partial charge < -0.3 is 14.7 Å². The van der Waals surface area contributed by atoms with Crippen LogP contribution in [0, 0.1) is 5.41 Å². The molecule has 3 aliphatic heterocycles. The summed E-state index contributed by atoms with van der Waals surface area (Å²) in [6.07, 6.45) is 7.57. The van der Waals surface area contributed by atoms with E-state index < -0.39 is 0 Å². The first-order chi connectivity index (χ1) is 13.7. The van der Waals surface area contributed by atoms with E-state index >= 15 is 0 Å². The molecule has 1 saturated carbocycles. The molecular weight excluding hydrogens is 350 g/mol. The minimum atomic E-state index is -0.0172. The number of hydrogen-bond acceptors (Lipinski definition) is 2. The Balaban J connectivity index is 1.33. The van der Waals surface area contributed by atoms with Gasteiger partial charge in [0.25, 0.3) is 0 Å². The highest BCUT2D eigenvalue weighted by molar-refractivity contribution is 5.85. The standard InChI is InChI=1S/C23H31N3O2/c27-21-20(18-6-2-1-3-7-18)16-23(17-26(21)19-8-9-19)10-14-25(15-11-23)22(28)24-12-4-5-13-24/h1-3,6-7,19-20H,4-5,8-17H2. The van der Waals surface area contributed by atoms with Gasteiger partial charge in [-0.3, -0.25) is 4.79 Å². The molecular formula is C23H31N3O2. The summed E-state index contributed by atoms with van der Waals surface area (Å²) in [4.78, 5) is 32.3. The summed E-state index contributed by atoms with van der Waals surface area (Å²) >= 11 is 0. The van der Waals surface area contributed by atoms with Crippen molar-refractivity contribution in [3.8, 4) is 0 Å². The van der Waals surface area contributed by atoms with Gasteiger partial charge in [-0.1, -0.05) is 30.3 Å². The van der Waals surface area contributed by atoms with E-state index in [-0.39, 0.29) is 17.4 Å². The van der Waals surface area contributed by atoms with E-state index in [1.54, 1.807) is 0 Å². The Hall–Kier alpha value is -2.04. The third kappa shape index (κ3) is 3.29. The van der Waals surface area contributed by atoms with Crippen molar-refractivity contribution in [2.75, 3.05) is 32.7 Å². The molecule has 4 fully saturated rings. The molecule has 1 atom stereocenters. The molecule has 1 aliphatic carbocycles. The second-order valence-electron chi connectivity index (χ2n) is 9.33. The Bertz CT molecular complexity index is 731. The minimum absolute atomic E-state index is 0.0172. The van der Waals surface area contributed by atoms with Crippen molar-refractivity contribution in [3.05, 3.63) is 35.9 Å². The quantitative estimate of drug-likeness (QED) is 0.787. The Labute approximate surface area is 167 Å². The highest BCUT2D eigenvalue weighted by Gasteiger charge is 2.50. The fraction of sp³-hybridized carbons (Fsp3) is 0.652. The van der Waals surface area contributed by atoms with Crippen LogP contribution in [0.4, 0.5) is 4.79 Å². The van der Waals surface area contributed by atoms with Gasteiger partial charge in [0.15, 0.2) is 0 Å². The number of amides is 3. The lowest BCUT2D eigenvalue weighted by molar-refractivity contribution is -0.142. The molecule has 1 spiro atoms. The fourth-order valence-corrected chi connectivity index (χ4v) is 5.51. The first-order valence-corrected chi connectivity index (χ1v) is 11.0. The van der Waals surface area contributed by atoms with E-state index in [2.05, 4.69) is 21.9 Å². The Morgan fingerprint density at radius 1 is 0.929 bits per heavy atom. The van der Waals surface area contributed by atoms with E-state index in [1.165, 1.54) is 0 Å². The summed E-state index contributed by atoms with van der Waals surface area (Å²) in [6, 6.07) is 11.0. The molecule has 0 aromatic heterocycles. The van der Waals surface area contributed by atoms with Crippen LogP contribution < -0.4 is 0 Å². The van der Waals surface area contributed by atoms with Gasteiger partial charge in [-0.2, -0.15) is 0 Å². The number of hydrogen-bond donors (Lipinski definition) is 0. The molecule has 5 heteroatoms. The summed E-state index contributed by atoms with van der Waals surface area (Å²) in [5.41, 5.74) is 1.33. The zero-order valence-electron chi connectivity index (χ0n) is 16.7. The van der Waals surface area contributed by atoms with Crippen LogP contribution in [0.1, 0.15) is 56.4 Å². The summed E-state index contributed by atoms with van der Waals surface area (Å²) in [5, 5.41) is 0. The molecule has 3 amide bonds. The molecule has 0 N–H and O–H groups in total. The van der Waals surface area contributed by atoms with Gasteiger partial charge in [0.2, 0.25) is 5.91 Å². The van der Waals surface area contributed by atoms with Crippen molar-refractivity contribution < 1.29 is 9.59 Å². The van der Waals surface area contributed by atoms with Crippen molar-refractivity contribution in [1.29, 1.82) is 0 Å². The Morgan fingerprint density at radius 2 is 1.57 bits per heavy atom. The third-order valence-electron chi connectivity index (χ3n) is 7.38. The van der Waals surface area contributed by atoms with Gasteiger partial charge in [-0.15, -0.1) is 0 Å². The minimum Gasteiger partial charge on any atom is -0.339 e. The number of rotatable bonds is 2. The first kappa shape index (κ1) is 18.0. The Kier molecular flexibility index (Phi) is 4.56. The zero-order chi connectivity index (χ0) is 19.1. The van der Waals surface area contributed by atoms with E-state index in [9.17, 15) is 9.59 Å². The maximum atomic E-state index is 13.2. The molecule has 3 saturated heterocycles. The van der Waals surface area contributed by atoms with Crippen LogP contribution in [-0.2, 0) is 4.79 Å². The molecule has 5 nitrogen and oxygen atoms in total. The van der Waals surface area contributed by atoms with Gasteiger partial charge in [0.1, 0.15) is 0 Å². The van der Waals surface area contributed by atoms with Gasteiger partial charge >= 0.3 is 6.03 Å². The van der Waals surface area contributed by atoms with E-state index in [1.807, 2.05) is 23.1 Å². The van der Waals surface area contributed by atoms with Crippen molar-refractivity contribution in [2.45, 2.75) is 56.9 Å². The SMILES string of the molecule is O=C(N1CCCC1)N1CCC2(CC1)CC(c1ccccc1)C(=O)N(C1CC1)C2. The van der Waals surface area contributed by atoms with Crippen molar-refractivity contribution in [3.63, 3.8) is 0 Å². The molecule has 0 radical (unpaired) electrons. The number of carbonyl (C=O) groups excluding carboxylic acids is 2. The van der Waals surface area contributed by atoms with Crippen LogP contribution in [0.3, 0.4) is 0 Å². The average molecular weight is 382 g/mol. The molecule has 0 bridgehead atoms. The van der Waals surface area contributed by atoms with E-state index in [4.69, 9.17) is 0 Å². The lowest BCUT2D eigenvalue weighted by Crippen LogP contribution is -2.56. The monoisotopic (exact) mass is 381 g/mol. The van der Waals surface area contributed by atoms with Crippen LogP contribution in [0.25, 0.3) is 0 Å². The molecule has 1 aromatic carbocycles. The molecule has 5 rings (SSSR count). The highest BCUT2D eigenvalue weighted by Crippen LogP contribution is 2.48. The highest BCUT2D eigenvalue weighted by atomic mass is 16.2. The number of carbonyl (C=O) groups is 2. The summed E-state index contributed by atoms with van der Waals surface area (Å²) in [7, 11) is 0. The molecule has 28 heavy (non-hydrogen) atoms. The van der Waals surface area contributed by atoms with Crippen molar-refractivity contribution in [1.82, 2.24) is 14.7 Å². The topological polar surface area (TPSA) is 43.9 Å². The normalized spacial score (nSPS) is 27.5. The van der Waals surface area contributed by atoms with Crippen LogP contribution in [0.2, 0.25) is 0 Å². The predicted octanol–water partition coefficient (Wildman–Crippen LogP) is 3.46. The fourth-order valence-electron chi connectivity index (χ4n) is 5.51. The van der Waals surface area contributed by atoms with Gasteiger partial charge in [0, 0.05) is 38.8 Å². The molecule has 150 valence electrons. The Morgan fingerprint density at radius 3 is 2.21 bits per heavy atom. The maximum absolute atomic E-state index is 13.2. The van der Waals surface area contributed by atoms with Crippen molar-refractivity contribution in [2.24, 2.45) is 5.41 Å². The van der Waals surface area contributed by atoms with Gasteiger partial charge in [-0.05, 0) is 55.9 Å². The average Bonchev–Trinajstić information content (AvgIpc) is 3.43. The summed E-state index contributed by atoms with van der Waals surface area (Å²) in [5.74, 6) is 0.311. The second-order valence-corrected chi connectivity index (χ2v) is 9.33. The number of benzene rings is 1. The maximum Gasteiger partial charge on any atom is 0.319 e. The smallest absolute Gasteiger partial charge is 0.319 e. The third-order valence-corrected chi connectivity index (χ3v) is 7.38. The number of nitrogens with zero attached hydrogens (tertiary/aromatic N) is 3. The largest absolute Gasteiger partial charge is 0.339 e. The predicted molar refractivity (Wildman–Crippen MR) is 108 cm³/mol. The second kappa shape index (κ2) is 7.09. The van der Waals surface area contributed by atoms with Crippen LogP contribution in [0.15, 0.2) is 30.3 Å². The lowest BCUT2D eigenvalue weighted by atomic mass is 9.67. The van der Waals surface area contributed by atoms with Crippen molar-refractivity contribution >= 4 is 11.9 Å². The summed E-state index contributed by atoms with van der Waals surface area (Å²) in [6.45, 7) is 4.40. The van der Waals surface area contributed by atoms with Gasteiger partial charge in [-0.25, -0.2) is 4.79 Å². The molecule has 1 unspecified atom stereocenters. The molecule has 3 heterocycles. The number of urea groups is 1. The van der Waals surface area contributed by atoms with E-state index in [0.29, 0.717) is 11.9 Å². The summed E-state index contributed by atoms with van der Waals surface area (Å²) < 4.78 is 0. The number of piperidine rings is 2.